The highest BCUT2D eigenvalue weighted by Gasteiger charge is 1.69. The summed E-state index contributed by atoms with van der Waals surface area (Å²) in [6, 6.07) is 0. The van der Waals surface area contributed by atoms with E-state index < -0.39 is 0 Å². The maximum atomic E-state index is 2.12. The first-order valence-electron chi connectivity index (χ1n) is 7.82. The van der Waals surface area contributed by atoms with Gasteiger partial charge in [0, 0.05) is 0 Å². The van der Waals surface area contributed by atoms with Gasteiger partial charge < -0.3 is 0 Å². The summed E-state index contributed by atoms with van der Waals surface area (Å²) in [7, 11) is 0. The Morgan fingerprint density at radius 2 is 0.391 bits per heavy atom. The lowest BCUT2D eigenvalue weighted by molar-refractivity contribution is 1.39. The standard InChI is InChI=1S/C23H24/c1-2-4-6-8-10-12-14-16-18-20-22-23-21-19-17-15-13-11-9-7-5-3-1/h1-22H,23H2/b2-1+,5-3-,6-4+,9-7+,10-8-,13-11+,14-12+,17-15+,18-16+,21-19?,22-20+. The fourth-order valence-electron chi connectivity index (χ4n) is 1.55. The molecule has 1 aliphatic carbocycles. The van der Waals surface area contributed by atoms with Crippen LogP contribution in [0.2, 0.25) is 0 Å². The predicted octanol–water partition coefficient (Wildman–Crippen LogP) is 6.51. The molecule has 0 saturated carbocycles. The third-order valence-electron chi connectivity index (χ3n) is 2.66. The summed E-state index contributed by atoms with van der Waals surface area (Å²) in [6.07, 6.45) is 45.5. The van der Waals surface area contributed by atoms with Crippen molar-refractivity contribution >= 4 is 0 Å². The zero-order valence-corrected chi connectivity index (χ0v) is 13.4. The normalized spacial score (nSPS) is 30.3. The largest absolute Gasteiger partial charge is 0.0807 e. The third-order valence-corrected chi connectivity index (χ3v) is 2.66. The van der Waals surface area contributed by atoms with Gasteiger partial charge in [-0.05, 0) is 6.42 Å². The van der Waals surface area contributed by atoms with E-state index in [1.165, 1.54) is 0 Å². The van der Waals surface area contributed by atoms with Crippen molar-refractivity contribution in [2.24, 2.45) is 0 Å². The van der Waals surface area contributed by atoms with Crippen LogP contribution in [0.5, 0.6) is 0 Å². The SMILES string of the molecule is C1=CC/C=C/C=C/C=C/C=C\C=C\C=C\C=C/C=C/C=C/C=C/1. The van der Waals surface area contributed by atoms with Gasteiger partial charge in [0.1, 0.15) is 0 Å². The Morgan fingerprint density at radius 1 is 0.217 bits per heavy atom. The van der Waals surface area contributed by atoms with Gasteiger partial charge in [-0.2, -0.15) is 0 Å². The second-order valence-electron chi connectivity index (χ2n) is 4.56. The Morgan fingerprint density at radius 3 is 0.609 bits per heavy atom. The first kappa shape index (κ1) is 18.2. The van der Waals surface area contributed by atoms with Crippen LogP contribution in [-0.2, 0) is 0 Å². The minimum atomic E-state index is 0.935. The van der Waals surface area contributed by atoms with Gasteiger partial charge in [-0.25, -0.2) is 0 Å². The third kappa shape index (κ3) is 13.9. The summed E-state index contributed by atoms with van der Waals surface area (Å²) < 4.78 is 0. The zero-order valence-electron chi connectivity index (χ0n) is 13.4. The summed E-state index contributed by atoms with van der Waals surface area (Å²) in [6.45, 7) is 0. The van der Waals surface area contributed by atoms with E-state index in [2.05, 4.69) is 24.3 Å². The molecule has 0 atom stereocenters. The van der Waals surface area contributed by atoms with E-state index in [1.807, 2.05) is 109 Å². The van der Waals surface area contributed by atoms with Gasteiger partial charge in [-0.1, -0.05) is 134 Å². The molecular formula is C23H24. The van der Waals surface area contributed by atoms with Crippen LogP contribution in [0.3, 0.4) is 0 Å². The van der Waals surface area contributed by atoms with Crippen molar-refractivity contribution in [1.29, 1.82) is 0 Å². The van der Waals surface area contributed by atoms with Crippen LogP contribution in [0.15, 0.2) is 134 Å². The molecule has 116 valence electrons. The van der Waals surface area contributed by atoms with Crippen LogP contribution in [0, 0.1) is 0 Å². The van der Waals surface area contributed by atoms with E-state index >= 15 is 0 Å². The Balaban J connectivity index is 2.63. The van der Waals surface area contributed by atoms with Gasteiger partial charge in [0.25, 0.3) is 0 Å². The summed E-state index contributed by atoms with van der Waals surface area (Å²) in [5, 5.41) is 0. The van der Waals surface area contributed by atoms with Gasteiger partial charge in [0.05, 0.1) is 0 Å². The molecule has 1 rings (SSSR count). The van der Waals surface area contributed by atoms with Crippen LogP contribution >= 0.6 is 0 Å². The molecule has 23 heavy (non-hydrogen) atoms. The van der Waals surface area contributed by atoms with Crippen molar-refractivity contribution in [2.45, 2.75) is 6.42 Å². The Labute approximate surface area is 140 Å². The summed E-state index contributed by atoms with van der Waals surface area (Å²) in [4.78, 5) is 0. The zero-order chi connectivity index (χ0) is 16.3. The number of hydrogen-bond acceptors (Lipinski definition) is 0. The summed E-state index contributed by atoms with van der Waals surface area (Å²) in [5.74, 6) is 0. The lowest BCUT2D eigenvalue weighted by Crippen LogP contribution is -1.58. The van der Waals surface area contributed by atoms with Crippen molar-refractivity contribution in [1.82, 2.24) is 0 Å². The predicted molar refractivity (Wildman–Crippen MR) is 105 cm³/mol. The quantitative estimate of drug-likeness (QED) is 0.478. The smallest absolute Gasteiger partial charge is 0.0163 e. The molecular weight excluding hydrogens is 276 g/mol. The molecule has 0 amide bonds. The average Bonchev–Trinajstić information content (AvgIpc) is 2.56. The molecule has 0 unspecified atom stereocenters. The highest BCUT2D eigenvalue weighted by molar-refractivity contribution is 5.23. The molecule has 0 saturated heterocycles. The molecule has 0 heterocycles. The molecule has 0 N–H and O–H groups in total. The number of allylic oxidation sites excluding steroid dienone is 22. The van der Waals surface area contributed by atoms with E-state index in [0.29, 0.717) is 0 Å². The average molecular weight is 300 g/mol. The topological polar surface area (TPSA) is 0 Å². The molecule has 0 aromatic rings. The van der Waals surface area contributed by atoms with Crippen molar-refractivity contribution in [3.8, 4) is 0 Å². The Bertz CT molecular complexity index is 552. The van der Waals surface area contributed by atoms with Crippen LogP contribution < -0.4 is 0 Å². The van der Waals surface area contributed by atoms with Crippen LogP contribution in [0.25, 0.3) is 0 Å². The van der Waals surface area contributed by atoms with Gasteiger partial charge in [-0.3, -0.25) is 0 Å². The monoisotopic (exact) mass is 300 g/mol. The molecule has 0 aliphatic heterocycles. The minimum Gasteiger partial charge on any atom is -0.0807 e. The fourth-order valence-corrected chi connectivity index (χ4v) is 1.55. The molecule has 0 spiro atoms. The number of hydrogen-bond donors (Lipinski definition) is 0. The van der Waals surface area contributed by atoms with E-state index in [4.69, 9.17) is 0 Å². The minimum absolute atomic E-state index is 0.935. The van der Waals surface area contributed by atoms with Crippen LogP contribution in [0.1, 0.15) is 6.42 Å². The molecule has 0 nitrogen and oxygen atoms in total. The molecule has 1 aliphatic rings. The molecule has 0 fully saturated rings. The number of rotatable bonds is 0. The van der Waals surface area contributed by atoms with Crippen LogP contribution in [0.4, 0.5) is 0 Å². The summed E-state index contributed by atoms with van der Waals surface area (Å²) >= 11 is 0. The second-order valence-corrected chi connectivity index (χ2v) is 4.56. The van der Waals surface area contributed by atoms with Gasteiger partial charge in [0.15, 0.2) is 0 Å². The van der Waals surface area contributed by atoms with Crippen molar-refractivity contribution in [3.05, 3.63) is 134 Å². The molecule has 0 bridgehead atoms. The second kappa shape index (κ2) is 15.5. The lowest BCUT2D eigenvalue weighted by Gasteiger charge is -1.79. The molecule has 0 aromatic carbocycles. The highest BCUT2D eigenvalue weighted by atomic mass is 13.8. The van der Waals surface area contributed by atoms with Crippen molar-refractivity contribution in [2.75, 3.05) is 0 Å². The fraction of sp³-hybridized carbons (Fsp3) is 0.0435. The first-order chi connectivity index (χ1) is 11.5. The lowest BCUT2D eigenvalue weighted by atomic mass is 10.3. The first-order valence-corrected chi connectivity index (χ1v) is 7.82. The van der Waals surface area contributed by atoms with E-state index in [9.17, 15) is 0 Å². The maximum absolute atomic E-state index is 2.12. The summed E-state index contributed by atoms with van der Waals surface area (Å²) in [5.41, 5.74) is 0. The highest BCUT2D eigenvalue weighted by Crippen LogP contribution is 1.90. The molecule has 0 radical (unpaired) electrons. The van der Waals surface area contributed by atoms with Gasteiger partial charge in [0.2, 0.25) is 0 Å². The van der Waals surface area contributed by atoms with E-state index in [-0.39, 0.29) is 0 Å². The Kier molecular flexibility index (Phi) is 12.3. The van der Waals surface area contributed by atoms with E-state index in [1.54, 1.807) is 0 Å². The van der Waals surface area contributed by atoms with Crippen molar-refractivity contribution in [3.63, 3.8) is 0 Å². The van der Waals surface area contributed by atoms with E-state index in [0.717, 1.165) is 6.42 Å². The van der Waals surface area contributed by atoms with Crippen molar-refractivity contribution < 1.29 is 0 Å². The molecule has 0 heteroatoms. The van der Waals surface area contributed by atoms with Gasteiger partial charge in [-0.15, -0.1) is 0 Å². The molecule has 0 aromatic heterocycles. The Hall–Kier alpha value is -2.86. The van der Waals surface area contributed by atoms with Gasteiger partial charge >= 0.3 is 0 Å². The van der Waals surface area contributed by atoms with Crippen LogP contribution in [-0.4, -0.2) is 0 Å². The maximum Gasteiger partial charge on any atom is -0.0163 e.